The summed E-state index contributed by atoms with van der Waals surface area (Å²) in [5, 5.41) is 13.4. The van der Waals surface area contributed by atoms with Gasteiger partial charge in [-0.05, 0) is 60.5 Å². The third-order valence-corrected chi connectivity index (χ3v) is 6.85. The standard InChI is InChI=1S/C22H22N2O2S2/c1-14-10-15(2)21-16(13-28-19(21)11-14)12-24-18-7-4-3-6-17(18)23-22(24)27-9-5-8-20(25)26/h3-4,6-7,10-11,13H,5,8-9,12H2,1-2H3,(H,25,26). The summed E-state index contributed by atoms with van der Waals surface area (Å²) in [6.07, 6.45) is 0.837. The first-order chi connectivity index (χ1) is 13.5. The van der Waals surface area contributed by atoms with Crippen LogP contribution in [-0.4, -0.2) is 26.4 Å². The number of aliphatic carboxylic acids is 1. The van der Waals surface area contributed by atoms with Gasteiger partial charge in [-0.15, -0.1) is 11.3 Å². The average molecular weight is 411 g/mol. The van der Waals surface area contributed by atoms with Crippen molar-refractivity contribution in [2.75, 3.05) is 5.75 Å². The third-order valence-electron chi connectivity index (χ3n) is 4.81. The number of aromatic nitrogens is 2. The molecule has 0 amide bonds. The Hall–Kier alpha value is -2.31. The largest absolute Gasteiger partial charge is 0.481 e. The van der Waals surface area contributed by atoms with Crippen molar-refractivity contribution < 1.29 is 9.90 Å². The van der Waals surface area contributed by atoms with Crippen LogP contribution in [0.3, 0.4) is 0 Å². The predicted molar refractivity (Wildman–Crippen MR) is 118 cm³/mol. The first-order valence-corrected chi connectivity index (χ1v) is 11.2. The molecule has 2 heterocycles. The van der Waals surface area contributed by atoms with E-state index in [0.717, 1.165) is 28.5 Å². The Morgan fingerprint density at radius 1 is 1.25 bits per heavy atom. The second kappa shape index (κ2) is 7.97. The quantitative estimate of drug-likeness (QED) is 0.306. The lowest BCUT2D eigenvalue weighted by molar-refractivity contribution is -0.137. The number of para-hydroxylation sites is 2. The van der Waals surface area contributed by atoms with Gasteiger partial charge in [0.2, 0.25) is 0 Å². The van der Waals surface area contributed by atoms with Gasteiger partial charge in [-0.2, -0.15) is 0 Å². The highest BCUT2D eigenvalue weighted by Gasteiger charge is 2.15. The van der Waals surface area contributed by atoms with E-state index in [0.29, 0.717) is 6.42 Å². The van der Waals surface area contributed by atoms with Crippen LogP contribution in [0.15, 0.2) is 46.9 Å². The number of carbonyl (C=O) groups is 1. The van der Waals surface area contributed by atoms with Crippen LogP contribution in [0.1, 0.15) is 29.5 Å². The molecule has 0 atom stereocenters. The van der Waals surface area contributed by atoms with E-state index in [9.17, 15) is 4.79 Å². The number of thiophene rings is 1. The topological polar surface area (TPSA) is 55.1 Å². The maximum atomic E-state index is 10.8. The monoisotopic (exact) mass is 410 g/mol. The van der Waals surface area contributed by atoms with Gasteiger partial charge in [0.15, 0.2) is 5.16 Å². The summed E-state index contributed by atoms with van der Waals surface area (Å²) >= 11 is 3.43. The van der Waals surface area contributed by atoms with Crippen LogP contribution < -0.4 is 0 Å². The molecular formula is C22H22N2O2S2. The number of fused-ring (bicyclic) bond motifs is 2. The van der Waals surface area contributed by atoms with Gasteiger partial charge in [0.05, 0.1) is 17.6 Å². The van der Waals surface area contributed by atoms with Crippen molar-refractivity contribution >= 4 is 50.2 Å². The van der Waals surface area contributed by atoms with Gasteiger partial charge in [0.25, 0.3) is 0 Å². The minimum absolute atomic E-state index is 0.195. The van der Waals surface area contributed by atoms with Gasteiger partial charge >= 0.3 is 5.97 Å². The van der Waals surface area contributed by atoms with Crippen LogP contribution in [-0.2, 0) is 11.3 Å². The molecule has 6 heteroatoms. The van der Waals surface area contributed by atoms with Crippen LogP contribution in [0.25, 0.3) is 21.1 Å². The number of benzene rings is 2. The van der Waals surface area contributed by atoms with E-state index in [-0.39, 0.29) is 6.42 Å². The highest BCUT2D eigenvalue weighted by atomic mass is 32.2. The van der Waals surface area contributed by atoms with Gasteiger partial charge in [-0.25, -0.2) is 4.98 Å². The van der Waals surface area contributed by atoms with Crippen molar-refractivity contribution in [2.45, 2.75) is 38.4 Å². The molecule has 0 spiro atoms. The number of hydrogen-bond donors (Lipinski definition) is 1. The van der Waals surface area contributed by atoms with Gasteiger partial charge in [0, 0.05) is 22.3 Å². The second-order valence-corrected chi connectivity index (χ2v) is 9.00. The third kappa shape index (κ3) is 3.80. The van der Waals surface area contributed by atoms with Gasteiger partial charge in [0.1, 0.15) is 0 Å². The van der Waals surface area contributed by atoms with Gasteiger partial charge in [-0.1, -0.05) is 30.0 Å². The molecule has 2 aromatic heterocycles. The lowest BCUT2D eigenvalue weighted by Gasteiger charge is -2.10. The summed E-state index contributed by atoms with van der Waals surface area (Å²) < 4.78 is 3.59. The fourth-order valence-electron chi connectivity index (χ4n) is 3.62. The highest BCUT2D eigenvalue weighted by Crippen LogP contribution is 2.33. The van der Waals surface area contributed by atoms with Crippen molar-refractivity contribution in [1.82, 2.24) is 9.55 Å². The fraction of sp³-hybridized carbons (Fsp3) is 0.273. The van der Waals surface area contributed by atoms with Crippen molar-refractivity contribution in [1.29, 1.82) is 0 Å². The molecule has 0 fully saturated rings. The number of aryl methyl sites for hydroxylation is 2. The number of carboxylic acids is 1. The molecule has 0 saturated carbocycles. The number of thioether (sulfide) groups is 1. The number of nitrogens with zero attached hydrogens (tertiary/aromatic N) is 2. The maximum Gasteiger partial charge on any atom is 0.303 e. The van der Waals surface area contributed by atoms with Crippen molar-refractivity contribution in [3.8, 4) is 0 Å². The lowest BCUT2D eigenvalue weighted by Crippen LogP contribution is -2.02. The molecule has 0 radical (unpaired) electrons. The Labute approximate surface area is 172 Å². The Balaban J connectivity index is 1.69. The molecule has 2 aromatic carbocycles. The highest BCUT2D eigenvalue weighted by molar-refractivity contribution is 7.99. The first kappa shape index (κ1) is 19.0. The molecule has 144 valence electrons. The summed E-state index contributed by atoms with van der Waals surface area (Å²) in [6.45, 7) is 5.09. The van der Waals surface area contributed by atoms with E-state index < -0.39 is 5.97 Å². The summed E-state index contributed by atoms with van der Waals surface area (Å²) in [5.41, 5.74) is 6.02. The molecule has 0 saturated heterocycles. The molecule has 0 aliphatic carbocycles. The molecule has 4 rings (SSSR count). The summed E-state index contributed by atoms with van der Waals surface area (Å²) in [4.78, 5) is 15.6. The minimum atomic E-state index is -0.746. The zero-order chi connectivity index (χ0) is 19.7. The molecule has 0 aliphatic heterocycles. The van der Waals surface area contributed by atoms with E-state index in [4.69, 9.17) is 10.1 Å². The Kier molecular flexibility index (Phi) is 5.42. The van der Waals surface area contributed by atoms with Crippen molar-refractivity contribution in [3.63, 3.8) is 0 Å². The molecular weight excluding hydrogens is 388 g/mol. The molecule has 0 bridgehead atoms. The molecule has 1 N–H and O–H groups in total. The zero-order valence-electron chi connectivity index (χ0n) is 15.9. The Morgan fingerprint density at radius 3 is 2.89 bits per heavy atom. The van der Waals surface area contributed by atoms with Crippen molar-refractivity contribution in [2.24, 2.45) is 0 Å². The lowest BCUT2D eigenvalue weighted by atomic mass is 10.0. The van der Waals surface area contributed by atoms with E-state index in [1.54, 1.807) is 23.1 Å². The number of hydrogen-bond acceptors (Lipinski definition) is 4. The number of carboxylic acid groups (broad SMARTS) is 1. The molecule has 4 nitrogen and oxygen atoms in total. The van der Waals surface area contributed by atoms with E-state index in [2.05, 4.69) is 42.0 Å². The average Bonchev–Trinajstić information content (AvgIpc) is 3.21. The Bertz CT molecular complexity index is 1160. The normalized spacial score (nSPS) is 11.5. The molecule has 0 unspecified atom stereocenters. The maximum absolute atomic E-state index is 10.8. The van der Waals surface area contributed by atoms with Crippen LogP contribution in [0.4, 0.5) is 0 Å². The SMILES string of the molecule is Cc1cc(C)c2c(Cn3c(SCCCC(=O)O)nc4ccccc43)csc2c1. The summed E-state index contributed by atoms with van der Waals surface area (Å²) in [7, 11) is 0. The van der Waals surface area contributed by atoms with E-state index in [1.807, 2.05) is 18.2 Å². The van der Waals surface area contributed by atoms with Crippen LogP contribution in [0, 0.1) is 13.8 Å². The smallest absolute Gasteiger partial charge is 0.303 e. The van der Waals surface area contributed by atoms with E-state index >= 15 is 0 Å². The number of rotatable bonds is 7. The van der Waals surface area contributed by atoms with Crippen LogP contribution in [0.5, 0.6) is 0 Å². The van der Waals surface area contributed by atoms with Gasteiger partial charge in [-0.3, -0.25) is 4.79 Å². The molecule has 4 aromatic rings. The second-order valence-electron chi connectivity index (χ2n) is 7.03. The molecule has 0 aliphatic rings. The molecule has 28 heavy (non-hydrogen) atoms. The number of imidazole rings is 1. The predicted octanol–water partition coefficient (Wildman–Crippen LogP) is 5.87. The van der Waals surface area contributed by atoms with E-state index in [1.165, 1.54) is 26.8 Å². The first-order valence-electron chi connectivity index (χ1n) is 9.30. The van der Waals surface area contributed by atoms with Gasteiger partial charge < -0.3 is 9.67 Å². The van der Waals surface area contributed by atoms with Crippen LogP contribution >= 0.6 is 23.1 Å². The zero-order valence-corrected chi connectivity index (χ0v) is 17.6. The minimum Gasteiger partial charge on any atom is -0.481 e. The van der Waals surface area contributed by atoms with Crippen molar-refractivity contribution in [3.05, 3.63) is 58.5 Å². The van der Waals surface area contributed by atoms with Crippen LogP contribution in [0.2, 0.25) is 0 Å². The fourth-order valence-corrected chi connectivity index (χ4v) is 5.69. The summed E-state index contributed by atoms with van der Waals surface area (Å²) in [6, 6.07) is 12.7. The Morgan fingerprint density at radius 2 is 2.07 bits per heavy atom. The summed E-state index contributed by atoms with van der Waals surface area (Å²) in [5.74, 6) is 0.00252.